The Morgan fingerprint density at radius 1 is 1.25 bits per heavy atom. The Labute approximate surface area is 128 Å². The van der Waals surface area contributed by atoms with Crippen LogP contribution in [0.4, 0.5) is 20.3 Å². The first kappa shape index (κ1) is 15.1. The molecule has 1 N–H and O–H groups in total. The van der Waals surface area contributed by atoms with Gasteiger partial charge in [0.1, 0.15) is 22.5 Å². The molecule has 3 nitrogen and oxygen atoms in total. The third-order valence-electron chi connectivity index (χ3n) is 2.70. The van der Waals surface area contributed by atoms with E-state index in [2.05, 4.69) is 31.2 Å². The quantitative estimate of drug-likeness (QED) is 0.798. The Bertz CT molecular complexity index is 641. The topological polar surface area (TPSA) is 37.8 Å². The summed E-state index contributed by atoms with van der Waals surface area (Å²) in [6.45, 7) is 3.55. The molecule has 7 heteroatoms. The summed E-state index contributed by atoms with van der Waals surface area (Å²) < 4.78 is 27.9. The molecular weight excluding hydrogens is 352 g/mol. The van der Waals surface area contributed by atoms with Crippen LogP contribution in [0.2, 0.25) is 5.15 Å². The second kappa shape index (κ2) is 6.01. The van der Waals surface area contributed by atoms with Gasteiger partial charge in [0.2, 0.25) is 0 Å². The summed E-state index contributed by atoms with van der Waals surface area (Å²) in [5, 5.41) is 2.91. The fourth-order valence-corrected chi connectivity index (χ4v) is 2.18. The van der Waals surface area contributed by atoms with Gasteiger partial charge in [-0.15, -0.1) is 0 Å². The number of hydrogen-bond acceptors (Lipinski definition) is 3. The molecule has 0 aliphatic carbocycles. The average Bonchev–Trinajstić information content (AvgIpc) is 2.38. The van der Waals surface area contributed by atoms with Gasteiger partial charge in [-0.25, -0.2) is 18.7 Å². The SMILES string of the molecule is CCc1nc(Cl)c(C)c(Nc2c(F)cc(Br)cc2F)n1. The lowest BCUT2D eigenvalue weighted by Gasteiger charge is -2.12. The zero-order valence-electron chi connectivity index (χ0n) is 10.8. The highest BCUT2D eigenvalue weighted by Crippen LogP contribution is 2.29. The first-order valence-corrected chi connectivity index (χ1v) is 7.04. The molecule has 0 aliphatic heterocycles. The van der Waals surface area contributed by atoms with Crippen LogP contribution in [0.1, 0.15) is 18.3 Å². The van der Waals surface area contributed by atoms with E-state index in [0.29, 0.717) is 28.1 Å². The molecule has 106 valence electrons. The number of anilines is 2. The molecule has 0 bridgehead atoms. The first-order valence-electron chi connectivity index (χ1n) is 5.87. The number of aryl methyl sites for hydroxylation is 1. The summed E-state index contributed by atoms with van der Waals surface area (Å²) in [6.07, 6.45) is 0.569. The van der Waals surface area contributed by atoms with Crippen molar-refractivity contribution in [3.8, 4) is 0 Å². The minimum absolute atomic E-state index is 0.261. The Morgan fingerprint density at radius 2 is 1.85 bits per heavy atom. The van der Waals surface area contributed by atoms with Crippen LogP contribution in [-0.4, -0.2) is 9.97 Å². The van der Waals surface area contributed by atoms with E-state index in [0.717, 1.165) is 0 Å². The number of hydrogen-bond donors (Lipinski definition) is 1. The van der Waals surface area contributed by atoms with Crippen LogP contribution in [0, 0.1) is 18.6 Å². The van der Waals surface area contributed by atoms with E-state index in [-0.39, 0.29) is 10.8 Å². The first-order chi connectivity index (χ1) is 9.42. The Kier molecular flexibility index (Phi) is 4.55. The Hall–Kier alpha value is -1.27. The molecule has 0 unspecified atom stereocenters. The van der Waals surface area contributed by atoms with Crippen molar-refractivity contribution in [2.45, 2.75) is 20.3 Å². The van der Waals surface area contributed by atoms with Crippen molar-refractivity contribution < 1.29 is 8.78 Å². The molecule has 0 atom stereocenters. The molecule has 0 radical (unpaired) electrons. The molecule has 20 heavy (non-hydrogen) atoms. The third-order valence-corrected chi connectivity index (χ3v) is 3.53. The van der Waals surface area contributed by atoms with Gasteiger partial charge in [-0.05, 0) is 19.1 Å². The summed E-state index contributed by atoms with van der Waals surface area (Å²) in [6, 6.07) is 2.34. The normalized spacial score (nSPS) is 10.7. The van der Waals surface area contributed by atoms with E-state index in [1.165, 1.54) is 12.1 Å². The zero-order valence-corrected chi connectivity index (χ0v) is 13.1. The molecular formula is C13H11BrClF2N3. The summed E-state index contributed by atoms with van der Waals surface area (Å²) in [7, 11) is 0. The maximum absolute atomic E-state index is 13.8. The van der Waals surface area contributed by atoms with E-state index in [1.54, 1.807) is 6.92 Å². The average molecular weight is 363 g/mol. The molecule has 1 aromatic heterocycles. The second-order valence-corrected chi connectivity index (χ2v) is 5.40. The standard InChI is InChI=1S/C13H11BrClF2N3/c1-3-10-18-12(15)6(2)13(19-10)20-11-8(16)4-7(14)5-9(11)17/h4-5H,3H2,1-2H3,(H,18,19,20). The van der Waals surface area contributed by atoms with Crippen molar-refractivity contribution in [3.63, 3.8) is 0 Å². The summed E-state index contributed by atoms with van der Waals surface area (Å²) >= 11 is 9.01. The van der Waals surface area contributed by atoms with Crippen LogP contribution in [0.5, 0.6) is 0 Å². The van der Waals surface area contributed by atoms with E-state index in [1.807, 2.05) is 6.92 Å². The predicted molar refractivity (Wildman–Crippen MR) is 78.5 cm³/mol. The van der Waals surface area contributed by atoms with Gasteiger partial charge in [0.25, 0.3) is 0 Å². The van der Waals surface area contributed by atoms with Gasteiger partial charge in [0.05, 0.1) is 0 Å². The van der Waals surface area contributed by atoms with Gasteiger partial charge >= 0.3 is 0 Å². The molecule has 0 saturated heterocycles. The van der Waals surface area contributed by atoms with Crippen LogP contribution in [0.15, 0.2) is 16.6 Å². The Balaban J connectivity index is 2.47. The largest absolute Gasteiger partial charge is 0.335 e. The summed E-state index contributed by atoms with van der Waals surface area (Å²) in [5.74, 6) is -0.642. The van der Waals surface area contributed by atoms with Gasteiger partial charge in [0, 0.05) is 16.5 Å². The van der Waals surface area contributed by atoms with Crippen molar-refractivity contribution in [1.82, 2.24) is 9.97 Å². The van der Waals surface area contributed by atoms with E-state index in [9.17, 15) is 8.78 Å². The number of rotatable bonds is 3. The van der Waals surface area contributed by atoms with Crippen LogP contribution in [0.3, 0.4) is 0 Å². The van der Waals surface area contributed by atoms with Crippen molar-refractivity contribution in [2.75, 3.05) is 5.32 Å². The minimum atomic E-state index is -0.718. The molecule has 1 aromatic carbocycles. The third kappa shape index (κ3) is 3.07. The highest BCUT2D eigenvalue weighted by molar-refractivity contribution is 9.10. The van der Waals surface area contributed by atoms with Crippen LogP contribution < -0.4 is 5.32 Å². The Morgan fingerprint density at radius 3 is 2.40 bits per heavy atom. The van der Waals surface area contributed by atoms with Gasteiger partial charge in [-0.1, -0.05) is 34.5 Å². The number of nitrogens with one attached hydrogen (secondary N) is 1. The van der Waals surface area contributed by atoms with E-state index >= 15 is 0 Å². The molecule has 2 aromatic rings. The maximum Gasteiger partial charge on any atom is 0.150 e. The van der Waals surface area contributed by atoms with Crippen molar-refractivity contribution in [1.29, 1.82) is 0 Å². The van der Waals surface area contributed by atoms with Crippen molar-refractivity contribution in [3.05, 3.63) is 44.8 Å². The highest BCUT2D eigenvalue weighted by Gasteiger charge is 2.15. The van der Waals surface area contributed by atoms with Crippen LogP contribution in [0.25, 0.3) is 0 Å². The number of nitrogens with zero attached hydrogens (tertiary/aromatic N) is 2. The molecule has 0 amide bonds. The smallest absolute Gasteiger partial charge is 0.150 e. The highest BCUT2D eigenvalue weighted by atomic mass is 79.9. The fraction of sp³-hybridized carbons (Fsp3) is 0.231. The van der Waals surface area contributed by atoms with E-state index < -0.39 is 11.6 Å². The number of benzene rings is 1. The molecule has 0 fully saturated rings. The monoisotopic (exact) mass is 361 g/mol. The molecule has 0 aliphatic rings. The lowest BCUT2D eigenvalue weighted by atomic mass is 10.2. The number of halogens is 4. The molecule has 0 spiro atoms. The van der Waals surface area contributed by atoms with E-state index in [4.69, 9.17) is 11.6 Å². The molecule has 2 rings (SSSR count). The number of aromatic nitrogens is 2. The van der Waals surface area contributed by atoms with Crippen molar-refractivity contribution >= 4 is 39.0 Å². The lowest BCUT2D eigenvalue weighted by molar-refractivity contribution is 0.589. The molecule has 1 heterocycles. The van der Waals surface area contributed by atoms with Crippen LogP contribution >= 0.6 is 27.5 Å². The zero-order chi connectivity index (χ0) is 14.9. The van der Waals surface area contributed by atoms with Gasteiger partial charge in [0.15, 0.2) is 11.6 Å². The van der Waals surface area contributed by atoms with Gasteiger partial charge in [-0.3, -0.25) is 0 Å². The fourth-order valence-electron chi connectivity index (χ4n) is 1.59. The summed E-state index contributed by atoms with van der Waals surface area (Å²) in [5.41, 5.74) is 0.263. The van der Waals surface area contributed by atoms with Crippen molar-refractivity contribution in [2.24, 2.45) is 0 Å². The molecule has 0 saturated carbocycles. The van der Waals surface area contributed by atoms with Gasteiger partial charge in [-0.2, -0.15) is 0 Å². The summed E-state index contributed by atoms with van der Waals surface area (Å²) in [4.78, 5) is 8.27. The lowest BCUT2D eigenvalue weighted by Crippen LogP contribution is -2.05. The maximum atomic E-state index is 13.8. The van der Waals surface area contributed by atoms with Crippen LogP contribution in [-0.2, 0) is 6.42 Å². The van der Waals surface area contributed by atoms with Gasteiger partial charge < -0.3 is 5.32 Å². The minimum Gasteiger partial charge on any atom is -0.335 e. The second-order valence-electron chi connectivity index (χ2n) is 4.13. The predicted octanol–water partition coefficient (Wildman–Crippen LogP) is 4.79.